The van der Waals surface area contributed by atoms with Crippen LogP contribution in [0.5, 0.6) is 0 Å². The molecule has 0 aliphatic heterocycles. The summed E-state index contributed by atoms with van der Waals surface area (Å²) in [6.07, 6.45) is -0.103. The molecule has 6 nitrogen and oxygen atoms in total. The standard InChI is InChI=1S/C13H24O6/c1-5-17-11(15)13(4,8-14)9-19-12(16)18-7-6-10(2)3/h10,14H,5-9H2,1-4H3. The number of carbonyl (C=O) groups excluding carboxylic acids is 2. The van der Waals surface area contributed by atoms with E-state index in [4.69, 9.17) is 14.2 Å². The molecule has 0 spiro atoms. The monoisotopic (exact) mass is 276 g/mol. The Morgan fingerprint density at radius 1 is 1.21 bits per heavy atom. The lowest BCUT2D eigenvalue weighted by Crippen LogP contribution is -2.39. The van der Waals surface area contributed by atoms with E-state index < -0.39 is 24.1 Å². The van der Waals surface area contributed by atoms with Crippen molar-refractivity contribution in [2.24, 2.45) is 11.3 Å². The third kappa shape index (κ3) is 7.00. The minimum absolute atomic E-state index is 0.202. The molecule has 1 atom stereocenters. The molecular formula is C13H24O6. The van der Waals surface area contributed by atoms with Gasteiger partial charge < -0.3 is 19.3 Å². The number of ether oxygens (including phenoxy) is 3. The van der Waals surface area contributed by atoms with Crippen LogP contribution in [0.2, 0.25) is 0 Å². The molecule has 0 aromatic heterocycles. The lowest BCUT2D eigenvalue weighted by Gasteiger charge is -2.23. The van der Waals surface area contributed by atoms with Crippen molar-refractivity contribution in [3.8, 4) is 0 Å². The molecule has 0 rings (SSSR count). The van der Waals surface area contributed by atoms with Crippen molar-refractivity contribution in [2.75, 3.05) is 26.4 Å². The molecule has 0 aliphatic carbocycles. The van der Waals surface area contributed by atoms with Gasteiger partial charge >= 0.3 is 12.1 Å². The molecule has 19 heavy (non-hydrogen) atoms. The molecule has 112 valence electrons. The first kappa shape index (κ1) is 17.7. The molecule has 6 heteroatoms. The van der Waals surface area contributed by atoms with E-state index in [1.54, 1.807) is 6.92 Å². The molecule has 1 unspecified atom stereocenters. The zero-order valence-corrected chi connectivity index (χ0v) is 12.1. The van der Waals surface area contributed by atoms with Gasteiger partial charge in [-0.2, -0.15) is 0 Å². The normalized spacial score (nSPS) is 13.8. The van der Waals surface area contributed by atoms with Gasteiger partial charge in [0.1, 0.15) is 12.0 Å². The Hall–Kier alpha value is -1.30. The molecular weight excluding hydrogens is 252 g/mol. The summed E-state index contributed by atoms with van der Waals surface area (Å²) in [5.41, 5.74) is -1.26. The zero-order chi connectivity index (χ0) is 14.9. The second-order valence-electron chi connectivity index (χ2n) is 5.01. The minimum atomic E-state index is -1.26. The average molecular weight is 276 g/mol. The maximum atomic E-state index is 11.6. The number of rotatable bonds is 8. The Balaban J connectivity index is 4.12. The second-order valence-corrected chi connectivity index (χ2v) is 5.01. The fraction of sp³-hybridized carbons (Fsp3) is 0.846. The van der Waals surface area contributed by atoms with E-state index in [1.807, 2.05) is 13.8 Å². The van der Waals surface area contributed by atoms with Crippen molar-refractivity contribution in [3.05, 3.63) is 0 Å². The van der Waals surface area contributed by atoms with Crippen LogP contribution in [0.25, 0.3) is 0 Å². The van der Waals surface area contributed by atoms with Gasteiger partial charge in [0.05, 0.1) is 19.8 Å². The van der Waals surface area contributed by atoms with Gasteiger partial charge in [-0.05, 0) is 26.2 Å². The molecule has 0 aliphatic rings. The third-order valence-electron chi connectivity index (χ3n) is 2.54. The molecule has 0 saturated carbocycles. The summed E-state index contributed by atoms with van der Waals surface area (Å²) in [5, 5.41) is 9.21. The van der Waals surface area contributed by atoms with Crippen LogP contribution >= 0.6 is 0 Å². The SMILES string of the molecule is CCOC(=O)C(C)(CO)COC(=O)OCCC(C)C. The second kappa shape index (κ2) is 8.74. The first-order chi connectivity index (χ1) is 8.85. The van der Waals surface area contributed by atoms with Gasteiger partial charge in [-0.3, -0.25) is 4.79 Å². The molecule has 0 aromatic carbocycles. The predicted molar refractivity (Wildman–Crippen MR) is 68.6 cm³/mol. The Labute approximate surface area is 114 Å². The van der Waals surface area contributed by atoms with Crippen LogP contribution in [0, 0.1) is 11.3 Å². The topological polar surface area (TPSA) is 82.1 Å². The number of hydrogen-bond acceptors (Lipinski definition) is 6. The van der Waals surface area contributed by atoms with E-state index in [1.165, 1.54) is 6.92 Å². The van der Waals surface area contributed by atoms with Gasteiger partial charge in [-0.25, -0.2) is 4.79 Å². The quantitative estimate of drug-likeness (QED) is 0.680. The summed E-state index contributed by atoms with van der Waals surface area (Å²) < 4.78 is 14.5. The highest BCUT2D eigenvalue weighted by molar-refractivity contribution is 5.77. The van der Waals surface area contributed by atoms with Gasteiger partial charge in [0.15, 0.2) is 0 Å². The van der Waals surface area contributed by atoms with Gasteiger partial charge in [0, 0.05) is 0 Å². The van der Waals surface area contributed by atoms with E-state index in [-0.39, 0.29) is 19.8 Å². The van der Waals surface area contributed by atoms with E-state index in [2.05, 4.69) is 0 Å². The molecule has 0 aromatic rings. The van der Waals surface area contributed by atoms with Crippen molar-refractivity contribution in [3.63, 3.8) is 0 Å². The highest BCUT2D eigenvalue weighted by atomic mass is 16.7. The van der Waals surface area contributed by atoms with Crippen LogP contribution in [0.1, 0.15) is 34.1 Å². The third-order valence-corrected chi connectivity index (χ3v) is 2.54. The fourth-order valence-electron chi connectivity index (χ4n) is 1.11. The van der Waals surface area contributed by atoms with Crippen LogP contribution in [-0.2, 0) is 19.0 Å². The predicted octanol–water partition coefficient (Wildman–Crippen LogP) is 1.75. The summed E-state index contributed by atoms with van der Waals surface area (Å²) in [7, 11) is 0. The summed E-state index contributed by atoms with van der Waals surface area (Å²) >= 11 is 0. The minimum Gasteiger partial charge on any atom is -0.465 e. The summed E-state index contributed by atoms with van der Waals surface area (Å²) in [6.45, 7) is 6.88. The van der Waals surface area contributed by atoms with Gasteiger partial charge in [-0.1, -0.05) is 13.8 Å². The number of aliphatic hydroxyl groups is 1. The first-order valence-electron chi connectivity index (χ1n) is 6.43. The maximum Gasteiger partial charge on any atom is 0.508 e. The Morgan fingerprint density at radius 2 is 1.84 bits per heavy atom. The van der Waals surface area contributed by atoms with Crippen LogP contribution in [0.15, 0.2) is 0 Å². The van der Waals surface area contributed by atoms with Crippen LogP contribution < -0.4 is 0 Å². The van der Waals surface area contributed by atoms with Crippen molar-refractivity contribution in [1.29, 1.82) is 0 Å². The summed E-state index contributed by atoms with van der Waals surface area (Å²) in [6, 6.07) is 0. The number of esters is 1. The smallest absolute Gasteiger partial charge is 0.465 e. The Morgan fingerprint density at radius 3 is 2.32 bits per heavy atom. The van der Waals surface area contributed by atoms with Crippen molar-refractivity contribution < 1.29 is 28.9 Å². The average Bonchev–Trinajstić information content (AvgIpc) is 2.35. The lowest BCUT2D eigenvalue weighted by molar-refractivity contribution is -0.160. The number of hydrogen-bond donors (Lipinski definition) is 1. The Kier molecular flexibility index (Phi) is 8.14. The molecule has 1 N–H and O–H groups in total. The Bertz CT molecular complexity index is 289. The van der Waals surface area contributed by atoms with Crippen LogP contribution in [0.3, 0.4) is 0 Å². The highest BCUT2D eigenvalue weighted by Gasteiger charge is 2.36. The number of carbonyl (C=O) groups is 2. The fourth-order valence-corrected chi connectivity index (χ4v) is 1.11. The summed E-state index contributed by atoms with van der Waals surface area (Å²) in [5.74, 6) is -0.178. The first-order valence-corrected chi connectivity index (χ1v) is 6.43. The van der Waals surface area contributed by atoms with Gasteiger partial charge in [0.25, 0.3) is 0 Å². The van der Waals surface area contributed by atoms with E-state index >= 15 is 0 Å². The molecule has 0 heterocycles. The van der Waals surface area contributed by atoms with Gasteiger partial charge in [0.2, 0.25) is 0 Å². The van der Waals surface area contributed by atoms with Crippen LogP contribution in [0.4, 0.5) is 4.79 Å². The molecule has 0 fully saturated rings. The highest BCUT2D eigenvalue weighted by Crippen LogP contribution is 2.18. The van der Waals surface area contributed by atoms with E-state index in [0.717, 1.165) is 6.42 Å². The lowest BCUT2D eigenvalue weighted by atomic mass is 9.93. The van der Waals surface area contributed by atoms with Crippen molar-refractivity contribution in [2.45, 2.75) is 34.1 Å². The molecule has 0 saturated heterocycles. The van der Waals surface area contributed by atoms with E-state index in [0.29, 0.717) is 5.92 Å². The zero-order valence-electron chi connectivity index (χ0n) is 12.1. The molecule has 0 bridgehead atoms. The molecule has 0 amide bonds. The van der Waals surface area contributed by atoms with Gasteiger partial charge in [-0.15, -0.1) is 0 Å². The summed E-state index contributed by atoms with van der Waals surface area (Å²) in [4.78, 5) is 22.9. The van der Waals surface area contributed by atoms with Crippen LogP contribution in [-0.4, -0.2) is 43.7 Å². The van der Waals surface area contributed by atoms with E-state index in [9.17, 15) is 14.7 Å². The maximum absolute atomic E-state index is 11.6. The largest absolute Gasteiger partial charge is 0.508 e. The van der Waals surface area contributed by atoms with Crippen molar-refractivity contribution in [1.82, 2.24) is 0 Å². The van der Waals surface area contributed by atoms with Crippen molar-refractivity contribution >= 4 is 12.1 Å². The number of aliphatic hydroxyl groups excluding tert-OH is 1. The molecule has 0 radical (unpaired) electrons.